The molecule has 1 aromatic rings. The van der Waals surface area contributed by atoms with Gasteiger partial charge in [-0.25, -0.2) is 0 Å². The van der Waals surface area contributed by atoms with Gasteiger partial charge in [0.2, 0.25) is 0 Å². The Morgan fingerprint density at radius 1 is 1.29 bits per heavy atom. The molecule has 2 nitrogen and oxygen atoms in total. The molecule has 0 saturated heterocycles. The maximum Gasteiger partial charge on any atom is 0.401 e. The first-order valence-corrected chi connectivity index (χ1v) is 5.27. The van der Waals surface area contributed by atoms with Gasteiger partial charge >= 0.3 is 6.18 Å². The van der Waals surface area contributed by atoms with E-state index in [2.05, 4.69) is 5.32 Å². The highest BCUT2D eigenvalue weighted by Crippen LogP contribution is 2.23. The van der Waals surface area contributed by atoms with Crippen molar-refractivity contribution in [3.63, 3.8) is 0 Å². The van der Waals surface area contributed by atoms with E-state index in [4.69, 9.17) is 0 Å². The van der Waals surface area contributed by atoms with E-state index in [1.165, 1.54) is 0 Å². The average Bonchev–Trinajstić information content (AvgIpc) is 2.25. The molecule has 1 unspecified atom stereocenters. The fourth-order valence-corrected chi connectivity index (χ4v) is 1.53. The number of aliphatic hydroxyl groups is 1. The number of hydrogen-bond acceptors (Lipinski definition) is 2. The van der Waals surface area contributed by atoms with Gasteiger partial charge in [-0.1, -0.05) is 29.8 Å². The summed E-state index contributed by atoms with van der Waals surface area (Å²) in [6.45, 7) is 1.88. The molecule has 0 heterocycles. The zero-order valence-corrected chi connectivity index (χ0v) is 9.80. The second-order valence-electron chi connectivity index (χ2n) is 4.33. The third-order valence-electron chi connectivity index (χ3n) is 2.65. The van der Waals surface area contributed by atoms with E-state index in [1.54, 1.807) is 25.1 Å². The van der Waals surface area contributed by atoms with Crippen molar-refractivity contribution in [3.8, 4) is 0 Å². The Balaban J connectivity index is 2.88. The molecule has 1 aromatic carbocycles. The van der Waals surface area contributed by atoms with Crippen molar-refractivity contribution in [1.29, 1.82) is 0 Å². The fourth-order valence-electron chi connectivity index (χ4n) is 1.53. The first kappa shape index (κ1) is 14.0. The summed E-state index contributed by atoms with van der Waals surface area (Å²) in [6, 6.07) is 7.07. The molecule has 0 fully saturated rings. The maximum absolute atomic E-state index is 12.2. The molecule has 96 valence electrons. The molecule has 0 amide bonds. The highest BCUT2D eigenvalue weighted by Gasteiger charge is 2.33. The van der Waals surface area contributed by atoms with Crippen LogP contribution in [0, 0.1) is 6.92 Å². The molecule has 0 aromatic heterocycles. The van der Waals surface area contributed by atoms with Crippen molar-refractivity contribution in [1.82, 2.24) is 5.32 Å². The molecule has 0 aliphatic rings. The molecule has 1 rings (SSSR count). The van der Waals surface area contributed by atoms with Crippen LogP contribution in [0.2, 0.25) is 0 Å². The lowest BCUT2D eigenvalue weighted by Crippen LogP contribution is -2.47. The zero-order chi connectivity index (χ0) is 13.1. The molecule has 17 heavy (non-hydrogen) atoms. The van der Waals surface area contributed by atoms with Crippen LogP contribution in [0.25, 0.3) is 0 Å². The molecular formula is C12H16F3NO. The minimum absolute atomic E-state index is 0.396. The summed E-state index contributed by atoms with van der Waals surface area (Å²) in [7, 11) is 0. The van der Waals surface area contributed by atoms with Crippen molar-refractivity contribution < 1.29 is 18.3 Å². The Bertz CT molecular complexity index is 378. The van der Waals surface area contributed by atoms with E-state index in [0.29, 0.717) is 5.56 Å². The molecular weight excluding hydrogens is 231 g/mol. The van der Waals surface area contributed by atoms with Crippen molar-refractivity contribution in [2.45, 2.75) is 25.6 Å². The second kappa shape index (κ2) is 5.06. The van der Waals surface area contributed by atoms with E-state index in [9.17, 15) is 18.3 Å². The summed E-state index contributed by atoms with van der Waals surface area (Å²) in [5, 5.41) is 11.7. The van der Waals surface area contributed by atoms with Crippen LogP contribution < -0.4 is 5.32 Å². The molecule has 1 atom stereocenters. The van der Waals surface area contributed by atoms with Crippen LogP contribution in [-0.2, 0) is 5.54 Å². The average molecular weight is 247 g/mol. The summed E-state index contributed by atoms with van der Waals surface area (Å²) in [5.74, 6) is 0. The van der Waals surface area contributed by atoms with Gasteiger partial charge < -0.3 is 5.11 Å². The van der Waals surface area contributed by atoms with Gasteiger partial charge in [-0.3, -0.25) is 5.32 Å². The number of aliphatic hydroxyl groups excluding tert-OH is 1. The van der Waals surface area contributed by atoms with Gasteiger partial charge in [0.25, 0.3) is 0 Å². The van der Waals surface area contributed by atoms with Crippen LogP contribution in [-0.4, -0.2) is 24.4 Å². The zero-order valence-electron chi connectivity index (χ0n) is 9.80. The van der Waals surface area contributed by atoms with E-state index < -0.39 is 24.9 Å². The first-order valence-electron chi connectivity index (χ1n) is 5.27. The Hall–Kier alpha value is -1.07. The predicted octanol–water partition coefficient (Wildman–Crippen LogP) is 2.35. The lowest BCUT2D eigenvalue weighted by molar-refractivity contribution is -0.129. The van der Waals surface area contributed by atoms with E-state index >= 15 is 0 Å². The second-order valence-corrected chi connectivity index (χ2v) is 4.33. The van der Waals surface area contributed by atoms with Crippen molar-refractivity contribution in [2.24, 2.45) is 0 Å². The van der Waals surface area contributed by atoms with Gasteiger partial charge in [-0.05, 0) is 19.4 Å². The van der Waals surface area contributed by atoms with E-state index in [-0.39, 0.29) is 0 Å². The molecule has 0 saturated carbocycles. The molecule has 5 heteroatoms. The van der Waals surface area contributed by atoms with E-state index in [0.717, 1.165) is 5.56 Å². The van der Waals surface area contributed by atoms with Gasteiger partial charge in [0.1, 0.15) is 0 Å². The third-order valence-corrected chi connectivity index (χ3v) is 2.65. The Kier molecular flexibility index (Phi) is 4.16. The van der Waals surface area contributed by atoms with E-state index in [1.807, 2.05) is 13.0 Å². The molecule has 0 radical (unpaired) electrons. The molecule has 2 N–H and O–H groups in total. The molecule has 0 spiro atoms. The first-order chi connectivity index (χ1) is 7.77. The molecule has 0 aliphatic heterocycles. The minimum atomic E-state index is -4.29. The summed E-state index contributed by atoms with van der Waals surface area (Å²) in [5.41, 5.74) is 0.502. The van der Waals surface area contributed by atoms with Gasteiger partial charge in [0.05, 0.1) is 18.7 Å². The number of nitrogens with one attached hydrogen (secondary N) is 1. The van der Waals surface area contributed by atoms with Crippen LogP contribution in [0.4, 0.5) is 13.2 Å². The quantitative estimate of drug-likeness (QED) is 0.856. The molecule has 0 aliphatic carbocycles. The standard InChI is InChI=1S/C12H16F3NO/c1-9-4-3-5-10(6-9)11(2,8-17)16-7-12(13,14)15/h3-6,16-17H,7-8H2,1-2H3. The van der Waals surface area contributed by atoms with Crippen LogP contribution in [0.3, 0.4) is 0 Å². The van der Waals surface area contributed by atoms with Gasteiger partial charge in [-0.15, -0.1) is 0 Å². The minimum Gasteiger partial charge on any atom is -0.394 e. The van der Waals surface area contributed by atoms with Crippen LogP contribution in [0.15, 0.2) is 24.3 Å². The maximum atomic E-state index is 12.2. The Morgan fingerprint density at radius 3 is 2.41 bits per heavy atom. The van der Waals surface area contributed by atoms with Crippen molar-refractivity contribution in [3.05, 3.63) is 35.4 Å². The summed E-state index contributed by atoms with van der Waals surface area (Å²) in [4.78, 5) is 0. The lowest BCUT2D eigenvalue weighted by Gasteiger charge is -2.30. The van der Waals surface area contributed by atoms with Crippen LogP contribution in [0.1, 0.15) is 18.1 Å². The van der Waals surface area contributed by atoms with Crippen molar-refractivity contribution in [2.75, 3.05) is 13.2 Å². The highest BCUT2D eigenvalue weighted by molar-refractivity contribution is 5.28. The number of aryl methyl sites for hydroxylation is 1. The smallest absolute Gasteiger partial charge is 0.394 e. The number of halogens is 3. The van der Waals surface area contributed by atoms with Crippen LogP contribution in [0.5, 0.6) is 0 Å². The van der Waals surface area contributed by atoms with Gasteiger partial charge in [-0.2, -0.15) is 13.2 Å². The normalized spacial score (nSPS) is 15.6. The predicted molar refractivity (Wildman–Crippen MR) is 59.7 cm³/mol. The Morgan fingerprint density at radius 2 is 1.94 bits per heavy atom. The summed E-state index contributed by atoms with van der Waals surface area (Å²) < 4.78 is 36.5. The summed E-state index contributed by atoms with van der Waals surface area (Å²) in [6.07, 6.45) is -4.29. The van der Waals surface area contributed by atoms with Crippen molar-refractivity contribution >= 4 is 0 Å². The number of hydrogen-bond donors (Lipinski definition) is 2. The SMILES string of the molecule is Cc1cccc(C(C)(CO)NCC(F)(F)F)c1. The highest BCUT2D eigenvalue weighted by atomic mass is 19.4. The van der Waals surface area contributed by atoms with Gasteiger partial charge in [0.15, 0.2) is 0 Å². The number of alkyl halides is 3. The van der Waals surface area contributed by atoms with Crippen LogP contribution >= 0.6 is 0 Å². The fraction of sp³-hybridized carbons (Fsp3) is 0.500. The Labute approximate surface area is 98.5 Å². The van der Waals surface area contributed by atoms with Gasteiger partial charge in [0, 0.05) is 0 Å². The number of benzene rings is 1. The monoisotopic (exact) mass is 247 g/mol. The summed E-state index contributed by atoms with van der Waals surface area (Å²) >= 11 is 0. The lowest BCUT2D eigenvalue weighted by atomic mass is 9.91. The third kappa shape index (κ3) is 4.02. The number of rotatable bonds is 4. The topological polar surface area (TPSA) is 32.3 Å². The molecule has 0 bridgehead atoms. The largest absolute Gasteiger partial charge is 0.401 e.